The van der Waals surface area contributed by atoms with Gasteiger partial charge in [0, 0.05) is 43.0 Å². The lowest BCUT2D eigenvalue weighted by molar-refractivity contribution is -0.130. The number of nitrogens with one attached hydrogen (secondary N) is 1. The second kappa shape index (κ2) is 8.23. The molecular weight excluding hydrogens is 410 g/mol. The number of halogens is 1. The number of benzene rings is 2. The van der Waals surface area contributed by atoms with E-state index in [-0.39, 0.29) is 12.1 Å². The summed E-state index contributed by atoms with van der Waals surface area (Å²) in [6.45, 7) is 2.54. The minimum absolute atomic E-state index is 0.00649. The van der Waals surface area contributed by atoms with E-state index in [1.807, 2.05) is 52.3 Å². The van der Waals surface area contributed by atoms with Crippen molar-refractivity contribution in [3.05, 3.63) is 94.8 Å². The number of fused-ring (bicyclic) bond motifs is 1. The first-order chi connectivity index (χ1) is 15.1. The molecule has 0 saturated carbocycles. The van der Waals surface area contributed by atoms with E-state index < -0.39 is 0 Å². The molecule has 31 heavy (non-hydrogen) atoms. The highest BCUT2D eigenvalue weighted by atomic mass is 35.5. The van der Waals surface area contributed by atoms with Crippen LogP contribution in [0.1, 0.15) is 11.1 Å². The fourth-order valence-corrected chi connectivity index (χ4v) is 4.28. The largest absolute Gasteiger partial charge is 0.359 e. The second-order valence-corrected chi connectivity index (χ2v) is 8.30. The van der Waals surface area contributed by atoms with Gasteiger partial charge in [-0.05, 0) is 29.3 Å². The van der Waals surface area contributed by atoms with Crippen LogP contribution in [0.2, 0.25) is 5.02 Å². The van der Waals surface area contributed by atoms with Crippen LogP contribution in [0.25, 0.3) is 11.3 Å². The number of piperazine rings is 1. The standard InChI is InChI=1S/C24H24ClN5O/c25-20-9-6-18(7-10-20)22-23(24(31)28-12-14-29(26)15-13-28)30-16-19(8-11-21(30)27-22)17-4-2-1-3-5-17/h1-11,16,21,27H,12-15,26H2. The molecule has 0 radical (unpaired) electrons. The molecule has 1 amide bonds. The van der Waals surface area contributed by atoms with Gasteiger partial charge >= 0.3 is 0 Å². The van der Waals surface area contributed by atoms with Crippen LogP contribution in [0.15, 0.2) is 78.6 Å². The highest BCUT2D eigenvalue weighted by Crippen LogP contribution is 2.35. The molecule has 7 heteroatoms. The Hall–Kier alpha value is -3.06. The molecule has 1 saturated heterocycles. The molecular formula is C24H24ClN5O. The van der Waals surface area contributed by atoms with Gasteiger partial charge in [-0.2, -0.15) is 0 Å². The number of hydrogen-bond donors (Lipinski definition) is 2. The van der Waals surface area contributed by atoms with E-state index in [2.05, 4.69) is 35.8 Å². The predicted molar refractivity (Wildman–Crippen MR) is 123 cm³/mol. The minimum atomic E-state index is -0.118. The number of hydrazine groups is 1. The zero-order chi connectivity index (χ0) is 21.4. The maximum absolute atomic E-state index is 13.7. The normalized spacial score (nSPS) is 21.1. The van der Waals surface area contributed by atoms with Crippen molar-refractivity contribution in [2.45, 2.75) is 6.17 Å². The third-order valence-electron chi connectivity index (χ3n) is 5.87. The summed E-state index contributed by atoms with van der Waals surface area (Å²) in [6.07, 6.45) is 6.13. The Kier molecular flexibility index (Phi) is 5.28. The van der Waals surface area contributed by atoms with Crippen LogP contribution in [-0.2, 0) is 4.79 Å². The Morgan fingerprint density at radius 1 is 0.968 bits per heavy atom. The molecule has 0 aliphatic carbocycles. The molecule has 0 aromatic heterocycles. The van der Waals surface area contributed by atoms with Crippen molar-refractivity contribution in [1.29, 1.82) is 0 Å². The summed E-state index contributed by atoms with van der Waals surface area (Å²) in [6, 6.07) is 17.8. The van der Waals surface area contributed by atoms with Gasteiger partial charge in [-0.25, -0.2) is 5.01 Å². The lowest BCUT2D eigenvalue weighted by Gasteiger charge is -2.34. The minimum Gasteiger partial charge on any atom is -0.359 e. The topological polar surface area (TPSA) is 64.8 Å². The third-order valence-corrected chi connectivity index (χ3v) is 6.12. The predicted octanol–water partition coefficient (Wildman–Crippen LogP) is 2.87. The van der Waals surface area contributed by atoms with Gasteiger partial charge < -0.3 is 15.1 Å². The molecule has 3 aliphatic heterocycles. The molecule has 3 heterocycles. The Morgan fingerprint density at radius 3 is 2.39 bits per heavy atom. The first-order valence-corrected chi connectivity index (χ1v) is 10.8. The number of rotatable bonds is 3. The first kappa shape index (κ1) is 19.9. The van der Waals surface area contributed by atoms with Crippen molar-refractivity contribution >= 4 is 28.8 Å². The molecule has 1 unspecified atom stereocenters. The Labute approximate surface area is 186 Å². The van der Waals surface area contributed by atoms with Crippen LogP contribution in [0, 0.1) is 0 Å². The Bertz CT molecular complexity index is 1070. The van der Waals surface area contributed by atoms with Gasteiger partial charge in [-0.15, -0.1) is 0 Å². The number of nitrogens with zero attached hydrogens (tertiary/aromatic N) is 3. The highest BCUT2D eigenvalue weighted by Gasteiger charge is 2.37. The molecule has 158 valence electrons. The van der Waals surface area contributed by atoms with Crippen molar-refractivity contribution < 1.29 is 4.79 Å². The van der Waals surface area contributed by atoms with Crippen LogP contribution >= 0.6 is 11.6 Å². The molecule has 2 aromatic rings. The summed E-state index contributed by atoms with van der Waals surface area (Å²) < 4.78 is 0. The summed E-state index contributed by atoms with van der Waals surface area (Å²) in [5.74, 6) is 5.91. The van der Waals surface area contributed by atoms with Crippen molar-refractivity contribution in [2.24, 2.45) is 5.84 Å². The summed E-state index contributed by atoms with van der Waals surface area (Å²) in [5.41, 5.74) is 4.57. The average molecular weight is 434 g/mol. The van der Waals surface area contributed by atoms with Crippen molar-refractivity contribution in [2.75, 3.05) is 26.2 Å². The van der Waals surface area contributed by atoms with E-state index in [0.29, 0.717) is 36.9 Å². The van der Waals surface area contributed by atoms with Gasteiger partial charge in [0.2, 0.25) is 0 Å². The summed E-state index contributed by atoms with van der Waals surface area (Å²) in [4.78, 5) is 17.6. The van der Waals surface area contributed by atoms with Crippen molar-refractivity contribution in [3.63, 3.8) is 0 Å². The van der Waals surface area contributed by atoms with Gasteiger partial charge in [-0.3, -0.25) is 10.6 Å². The quantitative estimate of drug-likeness (QED) is 0.729. The maximum Gasteiger partial charge on any atom is 0.272 e. The molecule has 5 rings (SSSR count). The summed E-state index contributed by atoms with van der Waals surface area (Å²) in [7, 11) is 0. The fraction of sp³-hybridized carbons (Fsp3) is 0.208. The molecule has 1 atom stereocenters. The van der Waals surface area contributed by atoms with E-state index in [1.54, 1.807) is 5.01 Å². The van der Waals surface area contributed by atoms with E-state index in [1.165, 1.54) is 0 Å². The van der Waals surface area contributed by atoms with E-state index in [4.69, 9.17) is 17.4 Å². The SMILES string of the molecule is NN1CCN(C(=O)C2=C(c3ccc(Cl)cc3)NC3C=CC(c4ccccc4)=CN23)CC1. The number of nitrogens with two attached hydrogens (primary N) is 1. The number of allylic oxidation sites excluding steroid dienone is 2. The Balaban J connectivity index is 1.56. The van der Waals surface area contributed by atoms with E-state index in [0.717, 1.165) is 22.4 Å². The monoisotopic (exact) mass is 433 g/mol. The van der Waals surface area contributed by atoms with Gasteiger partial charge in [0.15, 0.2) is 0 Å². The van der Waals surface area contributed by atoms with Crippen LogP contribution in [0.5, 0.6) is 0 Å². The van der Waals surface area contributed by atoms with Crippen LogP contribution in [0.3, 0.4) is 0 Å². The molecule has 3 aliphatic rings. The zero-order valence-corrected chi connectivity index (χ0v) is 17.8. The second-order valence-electron chi connectivity index (χ2n) is 7.86. The Morgan fingerprint density at radius 2 is 1.68 bits per heavy atom. The van der Waals surface area contributed by atoms with Gasteiger partial charge in [0.1, 0.15) is 11.9 Å². The highest BCUT2D eigenvalue weighted by molar-refractivity contribution is 6.30. The number of carbonyl (C=O) groups is 1. The van der Waals surface area contributed by atoms with Gasteiger partial charge in [0.05, 0.1) is 5.70 Å². The molecule has 3 N–H and O–H groups in total. The van der Waals surface area contributed by atoms with Crippen LogP contribution in [0.4, 0.5) is 0 Å². The summed E-state index contributed by atoms with van der Waals surface area (Å²) in [5, 5.41) is 5.95. The molecule has 1 fully saturated rings. The zero-order valence-electron chi connectivity index (χ0n) is 17.0. The number of carbonyl (C=O) groups excluding carboxylic acids is 1. The molecule has 6 nitrogen and oxygen atoms in total. The maximum atomic E-state index is 13.7. The van der Waals surface area contributed by atoms with Crippen LogP contribution < -0.4 is 11.2 Å². The lowest BCUT2D eigenvalue weighted by atomic mass is 10.0. The molecule has 0 spiro atoms. The number of hydrogen-bond acceptors (Lipinski definition) is 5. The van der Waals surface area contributed by atoms with E-state index >= 15 is 0 Å². The van der Waals surface area contributed by atoms with Crippen LogP contribution in [-0.4, -0.2) is 53.1 Å². The lowest BCUT2D eigenvalue weighted by Crippen LogP contribution is -2.52. The first-order valence-electron chi connectivity index (χ1n) is 10.4. The number of amides is 1. The molecule has 0 bridgehead atoms. The van der Waals surface area contributed by atoms with E-state index in [9.17, 15) is 4.79 Å². The third kappa shape index (κ3) is 3.85. The smallest absolute Gasteiger partial charge is 0.272 e. The molecule has 2 aromatic carbocycles. The van der Waals surface area contributed by atoms with Crippen molar-refractivity contribution in [1.82, 2.24) is 20.1 Å². The van der Waals surface area contributed by atoms with Gasteiger partial charge in [0.25, 0.3) is 5.91 Å². The van der Waals surface area contributed by atoms with Gasteiger partial charge in [-0.1, -0.05) is 60.1 Å². The summed E-state index contributed by atoms with van der Waals surface area (Å²) >= 11 is 6.10. The fourth-order valence-electron chi connectivity index (χ4n) is 4.16. The average Bonchev–Trinajstić information content (AvgIpc) is 3.19. The van der Waals surface area contributed by atoms with Crippen molar-refractivity contribution in [3.8, 4) is 0 Å².